The first-order valence-electron chi connectivity index (χ1n) is 8.77. The van der Waals surface area contributed by atoms with Crippen molar-refractivity contribution in [2.75, 3.05) is 6.54 Å². The van der Waals surface area contributed by atoms with Gasteiger partial charge in [-0.05, 0) is 55.7 Å². The van der Waals surface area contributed by atoms with Gasteiger partial charge in [0.1, 0.15) is 0 Å². The first-order valence-corrected chi connectivity index (χ1v) is 9.15. The molecule has 2 aromatic heterocycles. The molecular formula is C20H22ClN5O. The Bertz CT molecular complexity index is 906. The largest absolute Gasteiger partial charge is 0.338 e. The summed E-state index contributed by atoms with van der Waals surface area (Å²) in [7, 11) is 0. The minimum atomic E-state index is -0.197. The first-order chi connectivity index (χ1) is 13.0. The molecular weight excluding hydrogens is 362 g/mol. The lowest BCUT2D eigenvalue weighted by molar-refractivity contribution is 0.240. The molecule has 0 bridgehead atoms. The van der Waals surface area contributed by atoms with Crippen molar-refractivity contribution < 1.29 is 4.79 Å². The molecule has 0 unspecified atom stereocenters. The minimum absolute atomic E-state index is 0.197. The maximum atomic E-state index is 12.0. The molecule has 0 spiro atoms. The second-order valence-electron chi connectivity index (χ2n) is 6.24. The van der Waals surface area contributed by atoms with Gasteiger partial charge in [0.15, 0.2) is 5.82 Å². The van der Waals surface area contributed by atoms with Gasteiger partial charge in [-0.1, -0.05) is 29.8 Å². The second-order valence-corrected chi connectivity index (χ2v) is 6.67. The van der Waals surface area contributed by atoms with Crippen LogP contribution in [-0.2, 0) is 13.0 Å². The van der Waals surface area contributed by atoms with Crippen LogP contribution in [0.15, 0.2) is 48.7 Å². The minimum Gasteiger partial charge on any atom is -0.338 e. The summed E-state index contributed by atoms with van der Waals surface area (Å²) >= 11 is 5.86. The van der Waals surface area contributed by atoms with Crippen LogP contribution in [0.2, 0.25) is 5.02 Å². The summed E-state index contributed by atoms with van der Waals surface area (Å²) in [6.07, 6.45) is 2.46. The fourth-order valence-electron chi connectivity index (χ4n) is 2.89. The molecule has 7 heteroatoms. The van der Waals surface area contributed by atoms with Crippen molar-refractivity contribution in [1.29, 1.82) is 0 Å². The molecule has 1 aromatic carbocycles. The van der Waals surface area contributed by atoms with Crippen molar-refractivity contribution in [2.45, 2.75) is 26.8 Å². The highest BCUT2D eigenvalue weighted by Crippen LogP contribution is 2.16. The Kier molecular flexibility index (Phi) is 6.08. The number of aryl methyl sites for hydroxylation is 1. The van der Waals surface area contributed by atoms with Crippen LogP contribution >= 0.6 is 11.6 Å². The van der Waals surface area contributed by atoms with Crippen LogP contribution in [0.5, 0.6) is 0 Å². The van der Waals surface area contributed by atoms with E-state index in [4.69, 9.17) is 11.6 Å². The second kappa shape index (κ2) is 8.68. The molecule has 0 saturated carbocycles. The molecule has 2 amide bonds. The van der Waals surface area contributed by atoms with Crippen LogP contribution in [0, 0.1) is 13.8 Å². The third-order valence-corrected chi connectivity index (χ3v) is 4.59. The van der Waals surface area contributed by atoms with Crippen LogP contribution in [0.3, 0.4) is 0 Å². The number of amides is 2. The van der Waals surface area contributed by atoms with Crippen LogP contribution in [-0.4, -0.2) is 27.3 Å². The lowest BCUT2D eigenvalue weighted by Crippen LogP contribution is -2.36. The van der Waals surface area contributed by atoms with E-state index in [0.717, 1.165) is 28.3 Å². The number of pyridine rings is 1. The number of rotatable bonds is 6. The zero-order chi connectivity index (χ0) is 19.2. The average Bonchev–Trinajstić information content (AvgIpc) is 2.96. The Morgan fingerprint density at radius 1 is 1.11 bits per heavy atom. The summed E-state index contributed by atoms with van der Waals surface area (Å²) in [5.74, 6) is 0.790. The van der Waals surface area contributed by atoms with Gasteiger partial charge in [-0.25, -0.2) is 14.5 Å². The van der Waals surface area contributed by atoms with Crippen molar-refractivity contribution in [2.24, 2.45) is 0 Å². The zero-order valence-corrected chi connectivity index (χ0v) is 16.1. The summed E-state index contributed by atoms with van der Waals surface area (Å²) < 4.78 is 1.84. The third kappa shape index (κ3) is 4.86. The molecule has 2 heterocycles. The van der Waals surface area contributed by atoms with Gasteiger partial charge >= 0.3 is 6.03 Å². The number of nitrogens with zero attached hydrogens (tertiary/aromatic N) is 3. The number of hydrogen-bond donors (Lipinski definition) is 2. The molecule has 0 aliphatic heterocycles. The smallest absolute Gasteiger partial charge is 0.315 e. The SMILES string of the molecule is Cc1nn(-c2ccccn2)c(C)c1CCNC(=O)NCc1ccc(Cl)cc1. The Labute approximate surface area is 163 Å². The van der Waals surface area contributed by atoms with E-state index in [1.807, 2.05) is 48.9 Å². The Balaban J connectivity index is 1.52. The average molecular weight is 384 g/mol. The monoisotopic (exact) mass is 383 g/mol. The number of urea groups is 1. The molecule has 6 nitrogen and oxygen atoms in total. The molecule has 0 aliphatic carbocycles. The molecule has 140 valence electrons. The van der Waals surface area contributed by atoms with E-state index in [1.54, 1.807) is 18.3 Å². The lowest BCUT2D eigenvalue weighted by atomic mass is 10.1. The summed E-state index contributed by atoms with van der Waals surface area (Å²) in [6, 6.07) is 12.9. The van der Waals surface area contributed by atoms with Gasteiger partial charge in [-0.15, -0.1) is 0 Å². The summed E-state index contributed by atoms with van der Waals surface area (Å²) in [5, 5.41) is 11.0. The number of hydrogen-bond acceptors (Lipinski definition) is 3. The maximum absolute atomic E-state index is 12.0. The molecule has 27 heavy (non-hydrogen) atoms. The van der Waals surface area contributed by atoms with Gasteiger partial charge < -0.3 is 10.6 Å². The number of benzene rings is 1. The Hall–Kier alpha value is -2.86. The molecule has 0 fully saturated rings. The number of aromatic nitrogens is 3. The fraction of sp³-hybridized carbons (Fsp3) is 0.250. The van der Waals surface area contributed by atoms with Gasteiger partial charge in [-0.2, -0.15) is 5.10 Å². The lowest BCUT2D eigenvalue weighted by Gasteiger charge is -2.08. The van der Waals surface area contributed by atoms with Crippen molar-refractivity contribution in [3.05, 3.63) is 76.2 Å². The molecule has 2 N–H and O–H groups in total. The third-order valence-electron chi connectivity index (χ3n) is 4.33. The zero-order valence-electron chi connectivity index (χ0n) is 15.4. The van der Waals surface area contributed by atoms with Crippen molar-refractivity contribution >= 4 is 17.6 Å². The maximum Gasteiger partial charge on any atom is 0.315 e. The van der Waals surface area contributed by atoms with Gasteiger partial charge in [0.2, 0.25) is 0 Å². The molecule has 0 saturated heterocycles. The van der Waals surface area contributed by atoms with E-state index >= 15 is 0 Å². The standard InChI is InChI=1S/C20H22ClN5O/c1-14-18(15(2)26(25-14)19-5-3-4-11-22-19)10-12-23-20(27)24-13-16-6-8-17(21)9-7-16/h3-9,11H,10,12-13H2,1-2H3,(H2,23,24,27). The van der Waals surface area contributed by atoms with Crippen molar-refractivity contribution in [1.82, 2.24) is 25.4 Å². The van der Waals surface area contributed by atoms with Crippen LogP contribution in [0.25, 0.3) is 5.82 Å². The van der Waals surface area contributed by atoms with Gasteiger partial charge in [-0.3, -0.25) is 0 Å². The molecule has 3 rings (SSSR count). The Morgan fingerprint density at radius 2 is 1.89 bits per heavy atom. The highest BCUT2D eigenvalue weighted by Gasteiger charge is 2.13. The fourth-order valence-corrected chi connectivity index (χ4v) is 3.01. The van der Waals surface area contributed by atoms with E-state index in [9.17, 15) is 4.79 Å². The quantitative estimate of drug-likeness (QED) is 0.683. The number of carbonyl (C=O) groups excluding carboxylic acids is 1. The summed E-state index contributed by atoms with van der Waals surface area (Å²) in [5.41, 5.74) is 4.10. The normalized spacial score (nSPS) is 10.6. The highest BCUT2D eigenvalue weighted by atomic mass is 35.5. The summed E-state index contributed by atoms with van der Waals surface area (Å²) in [4.78, 5) is 16.3. The van der Waals surface area contributed by atoms with E-state index < -0.39 is 0 Å². The van der Waals surface area contributed by atoms with E-state index in [-0.39, 0.29) is 6.03 Å². The van der Waals surface area contributed by atoms with Gasteiger partial charge in [0, 0.05) is 30.0 Å². The van der Waals surface area contributed by atoms with Crippen molar-refractivity contribution in [3.63, 3.8) is 0 Å². The van der Waals surface area contributed by atoms with Gasteiger partial charge in [0.25, 0.3) is 0 Å². The van der Waals surface area contributed by atoms with E-state index in [0.29, 0.717) is 24.5 Å². The topological polar surface area (TPSA) is 71.8 Å². The van der Waals surface area contributed by atoms with Gasteiger partial charge in [0.05, 0.1) is 5.69 Å². The van der Waals surface area contributed by atoms with Crippen LogP contribution in [0.1, 0.15) is 22.5 Å². The number of halogens is 1. The highest BCUT2D eigenvalue weighted by molar-refractivity contribution is 6.30. The Morgan fingerprint density at radius 3 is 2.59 bits per heavy atom. The molecule has 0 radical (unpaired) electrons. The van der Waals surface area contributed by atoms with Crippen molar-refractivity contribution in [3.8, 4) is 5.82 Å². The number of carbonyl (C=O) groups is 1. The predicted molar refractivity (Wildman–Crippen MR) is 106 cm³/mol. The van der Waals surface area contributed by atoms with Crippen LogP contribution < -0.4 is 10.6 Å². The van der Waals surface area contributed by atoms with E-state index in [1.165, 1.54) is 0 Å². The van der Waals surface area contributed by atoms with E-state index in [2.05, 4.69) is 20.7 Å². The molecule has 0 aliphatic rings. The predicted octanol–water partition coefficient (Wildman–Crippen LogP) is 3.58. The molecule has 3 aromatic rings. The number of nitrogens with one attached hydrogen (secondary N) is 2. The first kappa shape index (κ1) is 18.9. The molecule has 0 atom stereocenters. The summed E-state index contributed by atoms with van der Waals surface area (Å²) in [6.45, 7) is 4.98. The van der Waals surface area contributed by atoms with Crippen LogP contribution in [0.4, 0.5) is 4.79 Å².